The van der Waals surface area contributed by atoms with Crippen LogP contribution in [-0.4, -0.2) is 17.6 Å². The molecule has 1 aliphatic rings. The van der Waals surface area contributed by atoms with Crippen LogP contribution in [0, 0.1) is 0 Å². The van der Waals surface area contributed by atoms with Gasteiger partial charge in [-0.05, 0) is 24.1 Å². The number of thiazole rings is 1. The van der Waals surface area contributed by atoms with Gasteiger partial charge < -0.3 is 4.74 Å². The molecule has 0 N–H and O–H groups in total. The third-order valence-corrected chi connectivity index (χ3v) is 6.08. The maximum atomic E-state index is 13.3. The van der Waals surface area contributed by atoms with Crippen molar-refractivity contribution in [3.05, 3.63) is 115 Å². The van der Waals surface area contributed by atoms with Gasteiger partial charge in [-0.25, -0.2) is 9.79 Å². The average Bonchev–Trinajstić information content (AvgIpc) is 3.13. The molecule has 2 aromatic carbocycles. The molecule has 0 fully saturated rings. The van der Waals surface area contributed by atoms with E-state index in [0.717, 1.165) is 11.1 Å². The number of carbonyl (C=O) groups excluding carboxylic acids is 1. The molecule has 0 unspecified atom stereocenters. The summed E-state index contributed by atoms with van der Waals surface area (Å²) in [5.41, 5.74) is 2.73. The summed E-state index contributed by atoms with van der Waals surface area (Å²) < 4.78 is 7.11. The lowest BCUT2D eigenvalue weighted by Crippen LogP contribution is -2.38. The summed E-state index contributed by atoms with van der Waals surface area (Å²) in [4.78, 5) is 30.9. The Morgan fingerprint density at radius 3 is 2.28 bits per heavy atom. The second-order valence-corrected chi connectivity index (χ2v) is 8.19. The first-order valence-electron chi connectivity index (χ1n) is 10.1. The van der Waals surface area contributed by atoms with Crippen LogP contribution in [0.3, 0.4) is 0 Å². The van der Waals surface area contributed by atoms with Crippen LogP contribution >= 0.6 is 11.3 Å². The zero-order valence-electron chi connectivity index (χ0n) is 17.8. The number of ether oxygens (including phenoxy) is 1. The fourth-order valence-electron chi connectivity index (χ4n) is 3.51. The van der Waals surface area contributed by atoms with E-state index in [-0.39, 0.29) is 5.56 Å². The number of fused-ring (bicyclic) bond motifs is 1. The van der Waals surface area contributed by atoms with Gasteiger partial charge in [-0.15, -0.1) is 0 Å². The van der Waals surface area contributed by atoms with Gasteiger partial charge in [0.1, 0.15) is 0 Å². The number of benzene rings is 2. The molecule has 0 radical (unpaired) electrons. The molecule has 1 atom stereocenters. The molecular formula is C26H22N2O3S. The molecule has 0 saturated carbocycles. The van der Waals surface area contributed by atoms with Gasteiger partial charge in [0, 0.05) is 0 Å². The molecule has 0 saturated heterocycles. The highest BCUT2D eigenvalue weighted by atomic mass is 32.1. The molecular weight excluding hydrogens is 420 g/mol. The molecule has 160 valence electrons. The minimum Gasteiger partial charge on any atom is -0.466 e. The second-order valence-electron chi connectivity index (χ2n) is 7.18. The SMILES string of the molecule is COC(=O)C1=C(C)N=c2sc(=C/C=C\c3ccccc3)c(=O)n2[C@@H]1/C=C\c1ccccc1. The summed E-state index contributed by atoms with van der Waals surface area (Å²) in [6.45, 7) is 1.77. The Hall–Kier alpha value is -3.77. The van der Waals surface area contributed by atoms with Crippen LogP contribution in [0.2, 0.25) is 0 Å². The van der Waals surface area contributed by atoms with Crippen molar-refractivity contribution in [1.29, 1.82) is 0 Å². The van der Waals surface area contributed by atoms with Gasteiger partial charge in [0.2, 0.25) is 0 Å². The highest BCUT2D eigenvalue weighted by Crippen LogP contribution is 2.26. The van der Waals surface area contributed by atoms with Crippen LogP contribution in [0.5, 0.6) is 0 Å². The van der Waals surface area contributed by atoms with Crippen LogP contribution in [0.4, 0.5) is 0 Å². The van der Waals surface area contributed by atoms with E-state index in [1.165, 1.54) is 18.4 Å². The summed E-state index contributed by atoms with van der Waals surface area (Å²) in [7, 11) is 1.33. The minimum atomic E-state index is -0.598. The Kier molecular flexibility index (Phi) is 6.42. The molecule has 6 heteroatoms. The first-order chi connectivity index (χ1) is 15.6. The van der Waals surface area contributed by atoms with Gasteiger partial charge in [-0.1, -0.05) is 96.3 Å². The lowest BCUT2D eigenvalue weighted by atomic mass is 10.0. The molecule has 0 amide bonds. The predicted octanol–water partition coefficient (Wildman–Crippen LogP) is 3.74. The monoisotopic (exact) mass is 442 g/mol. The summed E-state index contributed by atoms with van der Waals surface area (Å²) >= 11 is 1.30. The maximum absolute atomic E-state index is 13.3. The molecule has 4 rings (SSSR count). The lowest BCUT2D eigenvalue weighted by molar-refractivity contribution is -0.136. The zero-order valence-corrected chi connectivity index (χ0v) is 18.6. The van der Waals surface area contributed by atoms with Crippen molar-refractivity contribution in [1.82, 2.24) is 4.57 Å². The number of nitrogens with zero attached hydrogens (tertiary/aromatic N) is 2. The number of hydrogen-bond donors (Lipinski definition) is 0. The highest BCUT2D eigenvalue weighted by molar-refractivity contribution is 7.07. The number of aromatic nitrogens is 1. The molecule has 0 bridgehead atoms. The summed E-state index contributed by atoms with van der Waals surface area (Å²) in [5.74, 6) is -0.493. The lowest BCUT2D eigenvalue weighted by Gasteiger charge is -2.21. The Bertz CT molecular complexity index is 1390. The fraction of sp³-hybridized carbons (Fsp3) is 0.115. The fourth-order valence-corrected chi connectivity index (χ4v) is 4.52. The van der Waals surface area contributed by atoms with Gasteiger partial charge in [0.15, 0.2) is 4.80 Å². The highest BCUT2D eigenvalue weighted by Gasteiger charge is 2.29. The molecule has 5 nitrogen and oxygen atoms in total. The molecule has 1 aliphatic heterocycles. The number of esters is 1. The number of allylic oxidation sites excluding steroid dienone is 3. The van der Waals surface area contributed by atoms with E-state index < -0.39 is 12.0 Å². The number of methoxy groups -OCH3 is 1. The third-order valence-electron chi connectivity index (χ3n) is 5.08. The van der Waals surface area contributed by atoms with Crippen LogP contribution in [0.25, 0.3) is 18.2 Å². The molecule has 32 heavy (non-hydrogen) atoms. The first-order valence-corrected chi connectivity index (χ1v) is 11.0. The Labute approximate surface area is 189 Å². The van der Waals surface area contributed by atoms with E-state index in [2.05, 4.69) is 4.99 Å². The molecule has 0 aliphatic carbocycles. The van der Waals surface area contributed by atoms with Crippen molar-refractivity contribution in [3.8, 4) is 0 Å². The standard InChI is InChI=1S/C26H22N2O3S/c1-18-23(25(30)31-2)21(17-16-20-12-7-4-8-13-20)28-24(29)22(32-26(28)27-18)15-9-14-19-10-5-3-6-11-19/h3-17,21H,1-2H3/b14-9-,17-16-,22-15?/t21-/m1/s1. The van der Waals surface area contributed by atoms with E-state index >= 15 is 0 Å². The Morgan fingerprint density at radius 2 is 1.66 bits per heavy atom. The third kappa shape index (κ3) is 4.45. The quantitative estimate of drug-likeness (QED) is 0.566. The van der Waals surface area contributed by atoms with Crippen LogP contribution in [0.1, 0.15) is 24.1 Å². The van der Waals surface area contributed by atoms with Crippen LogP contribution in [-0.2, 0) is 9.53 Å². The van der Waals surface area contributed by atoms with Crippen molar-refractivity contribution < 1.29 is 9.53 Å². The molecule has 1 aromatic heterocycles. The van der Waals surface area contributed by atoms with Crippen molar-refractivity contribution in [2.75, 3.05) is 7.11 Å². The summed E-state index contributed by atoms with van der Waals surface area (Å²) in [6.07, 6.45) is 9.33. The number of carbonyl (C=O) groups is 1. The van der Waals surface area contributed by atoms with Gasteiger partial charge in [-0.3, -0.25) is 9.36 Å². The molecule has 2 heterocycles. The van der Waals surface area contributed by atoms with Crippen molar-refractivity contribution in [2.24, 2.45) is 4.99 Å². The van der Waals surface area contributed by atoms with Gasteiger partial charge in [-0.2, -0.15) is 0 Å². The van der Waals surface area contributed by atoms with Crippen molar-refractivity contribution in [2.45, 2.75) is 13.0 Å². The number of rotatable bonds is 5. The van der Waals surface area contributed by atoms with Crippen molar-refractivity contribution >= 4 is 35.5 Å². The summed E-state index contributed by atoms with van der Waals surface area (Å²) in [5, 5.41) is 0. The van der Waals surface area contributed by atoms with E-state index in [0.29, 0.717) is 20.6 Å². The topological polar surface area (TPSA) is 60.7 Å². The van der Waals surface area contributed by atoms with E-state index in [1.807, 2.05) is 85.0 Å². The van der Waals surface area contributed by atoms with E-state index in [9.17, 15) is 9.59 Å². The first kappa shape index (κ1) is 21.5. The minimum absolute atomic E-state index is 0.192. The largest absolute Gasteiger partial charge is 0.466 e. The summed E-state index contributed by atoms with van der Waals surface area (Å²) in [6, 6.07) is 19.0. The molecule has 3 aromatic rings. The van der Waals surface area contributed by atoms with E-state index in [4.69, 9.17) is 4.74 Å². The van der Waals surface area contributed by atoms with Crippen LogP contribution < -0.4 is 14.9 Å². The smallest absolute Gasteiger partial charge is 0.338 e. The van der Waals surface area contributed by atoms with Gasteiger partial charge in [0.25, 0.3) is 5.56 Å². The van der Waals surface area contributed by atoms with Crippen molar-refractivity contribution in [3.63, 3.8) is 0 Å². The normalized spacial score (nSPS) is 16.4. The zero-order chi connectivity index (χ0) is 22.5. The maximum Gasteiger partial charge on any atom is 0.338 e. The number of hydrogen-bond acceptors (Lipinski definition) is 5. The van der Waals surface area contributed by atoms with Gasteiger partial charge in [0.05, 0.1) is 29.0 Å². The van der Waals surface area contributed by atoms with Gasteiger partial charge >= 0.3 is 5.97 Å². The van der Waals surface area contributed by atoms with Crippen LogP contribution in [0.15, 0.2) is 93.9 Å². The Morgan fingerprint density at radius 1 is 1.03 bits per heavy atom. The van der Waals surface area contributed by atoms with E-state index in [1.54, 1.807) is 17.6 Å². The Balaban J connectivity index is 1.80. The molecule has 0 spiro atoms. The second kappa shape index (κ2) is 9.58. The average molecular weight is 443 g/mol. The predicted molar refractivity (Wildman–Crippen MR) is 129 cm³/mol.